The number of rotatable bonds is 11. The molecule has 1 N–H and O–H groups in total. The first-order valence-electron chi connectivity index (χ1n) is 10.0. The highest BCUT2D eigenvalue weighted by Gasteiger charge is 2.54. The molecule has 1 fully saturated rings. The zero-order valence-corrected chi connectivity index (χ0v) is 18.2. The van der Waals surface area contributed by atoms with Crippen LogP contribution in [0.3, 0.4) is 0 Å². The first-order valence-corrected chi connectivity index (χ1v) is 10.0. The lowest BCUT2D eigenvalue weighted by Crippen LogP contribution is -2.43. The minimum atomic E-state index is -1.07. The Balaban J connectivity index is 3.17. The lowest BCUT2D eigenvalue weighted by Gasteiger charge is -2.22. The first kappa shape index (κ1) is 26.0. The van der Waals surface area contributed by atoms with Gasteiger partial charge in [-0.15, -0.1) is 0 Å². The standard InChI is InChI=1S/C21H29NO9/c1-6-15(23)28-12-14-18(30-16(24)7-2)19(31-17(25)8-3)20(29-14)22(5)11-9-10-13(4)21(26)27/h9-11,14,18-20H,5-8,12H2,1-4H3/p+1/b11-9-,13-10+/t14-,18-,19-,20-/m1/s1. The summed E-state index contributed by atoms with van der Waals surface area (Å²) in [6, 6.07) is 0. The molecule has 0 aromatic rings. The Morgan fingerprint density at radius 1 is 1.00 bits per heavy atom. The van der Waals surface area contributed by atoms with Gasteiger partial charge in [-0.05, 0) is 13.0 Å². The summed E-state index contributed by atoms with van der Waals surface area (Å²) >= 11 is 0. The third kappa shape index (κ3) is 7.97. The summed E-state index contributed by atoms with van der Waals surface area (Å²) in [6.45, 7) is 9.91. The van der Waals surface area contributed by atoms with Gasteiger partial charge in [-0.1, -0.05) is 20.8 Å². The van der Waals surface area contributed by atoms with Crippen LogP contribution in [0.4, 0.5) is 0 Å². The first-order chi connectivity index (χ1) is 14.6. The van der Waals surface area contributed by atoms with Gasteiger partial charge in [0.25, 0.3) is 0 Å². The number of carbonyl (C=O) groups excluding carboxylic acids is 3. The molecule has 0 aromatic heterocycles. The van der Waals surface area contributed by atoms with Crippen molar-refractivity contribution in [3.63, 3.8) is 0 Å². The number of allylic oxidation sites excluding steroid dienone is 2. The van der Waals surface area contributed by atoms with Crippen LogP contribution in [0.5, 0.6) is 0 Å². The lowest BCUT2D eigenvalue weighted by atomic mass is 10.1. The molecule has 1 heterocycles. The van der Waals surface area contributed by atoms with Crippen LogP contribution in [0.15, 0.2) is 23.9 Å². The third-order valence-corrected chi connectivity index (χ3v) is 4.38. The fourth-order valence-corrected chi connectivity index (χ4v) is 2.58. The van der Waals surface area contributed by atoms with Crippen LogP contribution in [0.25, 0.3) is 0 Å². The molecule has 172 valence electrons. The van der Waals surface area contributed by atoms with Crippen molar-refractivity contribution >= 4 is 30.6 Å². The van der Waals surface area contributed by atoms with Crippen molar-refractivity contribution in [1.82, 2.24) is 0 Å². The molecular formula is C21H30NO9+. The van der Waals surface area contributed by atoms with Gasteiger partial charge < -0.3 is 24.1 Å². The average Bonchev–Trinajstić information content (AvgIpc) is 3.08. The molecule has 31 heavy (non-hydrogen) atoms. The Morgan fingerprint density at radius 2 is 1.55 bits per heavy atom. The van der Waals surface area contributed by atoms with E-state index in [2.05, 4.69) is 6.72 Å². The Morgan fingerprint density at radius 3 is 2.06 bits per heavy atom. The van der Waals surface area contributed by atoms with Gasteiger partial charge in [-0.25, -0.2) is 4.79 Å². The quantitative estimate of drug-likeness (QED) is 0.127. The topological polar surface area (TPSA) is 128 Å². The maximum atomic E-state index is 12.0. The molecule has 0 aromatic carbocycles. The van der Waals surface area contributed by atoms with E-state index in [0.717, 1.165) is 0 Å². The Hall–Kier alpha value is -3.01. The van der Waals surface area contributed by atoms with Crippen molar-refractivity contribution in [3.05, 3.63) is 23.9 Å². The maximum Gasteiger partial charge on any atom is 0.331 e. The number of ether oxygens (including phenoxy) is 4. The van der Waals surface area contributed by atoms with Gasteiger partial charge in [0.15, 0.2) is 12.3 Å². The molecule has 0 spiro atoms. The predicted octanol–water partition coefficient (Wildman–Crippen LogP) is 1.57. The van der Waals surface area contributed by atoms with Crippen LogP contribution in [-0.2, 0) is 38.1 Å². The van der Waals surface area contributed by atoms with Gasteiger partial charge in [0.2, 0.25) is 6.10 Å². The largest absolute Gasteiger partial charge is 0.478 e. The van der Waals surface area contributed by atoms with Crippen LogP contribution in [0, 0.1) is 0 Å². The number of hydrogen-bond acceptors (Lipinski definition) is 8. The minimum absolute atomic E-state index is 0.0840. The predicted molar refractivity (Wildman–Crippen MR) is 108 cm³/mol. The highest BCUT2D eigenvalue weighted by atomic mass is 16.7. The summed E-state index contributed by atoms with van der Waals surface area (Å²) in [4.78, 5) is 46.4. The van der Waals surface area contributed by atoms with Crippen molar-refractivity contribution in [2.24, 2.45) is 0 Å². The van der Waals surface area contributed by atoms with Gasteiger partial charge in [-0.2, -0.15) is 4.58 Å². The molecule has 1 aliphatic rings. The fourth-order valence-electron chi connectivity index (χ4n) is 2.58. The Kier molecular flexibility index (Phi) is 10.6. The summed E-state index contributed by atoms with van der Waals surface area (Å²) in [5.74, 6) is -2.61. The van der Waals surface area contributed by atoms with Crippen molar-refractivity contribution in [2.45, 2.75) is 71.5 Å². The smallest absolute Gasteiger partial charge is 0.331 e. The number of hydrogen-bond donors (Lipinski definition) is 1. The van der Waals surface area contributed by atoms with E-state index in [0.29, 0.717) is 0 Å². The summed E-state index contributed by atoms with van der Waals surface area (Å²) in [5, 5.41) is 8.92. The molecule has 1 aliphatic heterocycles. The zero-order chi connectivity index (χ0) is 23.6. The fraction of sp³-hybridized carbons (Fsp3) is 0.571. The summed E-state index contributed by atoms with van der Waals surface area (Å²) in [6.07, 6.45) is 0.640. The van der Waals surface area contributed by atoms with E-state index in [9.17, 15) is 19.2 Å². The summed E-state index contributed by atoms with van der Waals surface area (Å²) in [7, 11) is 0. The zero-order valence-electron chi connectivity index (χ0n) is 18.2. The van der Waals surface area contributed by atoms with E-state index in [-0.39, 0.29) is 31.4 Å². The second-order valence-electron chi connectivity index (χ2n) is 6.73. The monoisotopic (exact) mass is 440 g/mol. The lowest BCUT2D eigenvalue weighted by molar-refractivity contribution is -0.555. The molecule has 10 heteroatoms. The number of carboxylic acid groups (broad SMARTS) is 1. The maximum absolute atomic E-state index is 12.0. The Labute approximate surface area is 181 Å². The molecule has 0 amide bonds. The van der Waals surface area contributed by atoms with Crippen LogP contribution in [0.1, 0.15) is 47.0 Å². The second-order valence-corrected chi connectivity index (χ2v) is 6.73. The van der Waals surface area contributed by atoms with Gasteiger partial charge in [0.05, 0.1) is 0 Å². The van der Waals surface area contributed by atoms with Crippen LogP contribution in [-0.4, -0.2) is 71.4 Å². The SMILES string of the molecule is C=[N+](/C=C\C=C(/C)C(=O)O)[C@@H]1O[C@H](COC(=O)CC)[C@@H](OC(=O)CC)[C@H]1OC(=O)CC. The van der Waals surface area contributed by atoms with E-state index in [1.807, 2.05) is 0 Å². The third-order valence-electron chi connectivity index (χ3n) is 4.38. The van der Waals surface area contributed by atoms with Gasteiger partial charge >= 0.3 is 30.1 Å². The highest BCUT2D eigenvalue weighted by molar-refractivity contribution is 5.86. The van der Waals surface area contributed by atoms with Crippen molar-refractivity contribution < 1.29 is 47.8 Å². The van der Waals surface area contributed by atoms with Gasteiger partial charge in [0.1, 0.15) is 19.4 Å². The van der Waals surface area contributed by atoms with Gasteiger partial charge in [0, 0.05) is 30.9 Å². The minimum Gasteiger partial charge on any atom is -0.478 e. The summed E-state index contributed by atoms with van der Waals surface area (Å²) in [5.41, 5.74) is 0.102. The van der Waals surface area contributed by atoms with E-state index >= 15 is 0 Å². The molecule has 1 saturated heterocycles. The second kappa shape index (κ2) is 12.6. The molecule has 4 atom stereocenters. The highest BCUT2D eigenvalue weighted by Crippen LogP contribution is 2.29. The normalized spacial score (nSPS) is 23.4. The van der Waals surface area contributed by atoms with Crippen LogP contribution in [0.2, 0.25) is 0 Å². The number of carboxylic acids is 1. The van der Waals surface area contributed by atoms with Crippen molar-refractivity contribution in [2.75, 3.05) is 6.61 Å². The molecule has 0 saturated carbocycles. The average molecular weight is 440 g/mol. The van der Waals surface area contributed by atoms with Crippen LogP contribution >= 0.6 is 0 Å². The number of aliphatic carboxylic acids is 1. The van der Waals surface area contributed by atoms with E-state index in [1.54, 1.807) is 20.8 Å². The number of nitrogens with zero attached hydrogens (tertiary/aromatic N) is 1. The molecule has 0 bridgehead atoms. The molecule has 0 radical (unpaired) electrons. The van der Waals surface area contributed by atoms with Crippen molar-refractivity contribution in [3.8, 4) is 0 Å². The van der Waals surface area contributed by atoms with E-state index in [4.69, 9.17) is 24.1 Å². The van der Waals surface area contributed by atoms with Crippen molar-refractivity contribution in [1.29, 1.82) is 0 Å². The molecule has 10 nitrogen and oxygen atoms in total. The summed E-state index contributed by atoms with van der Waals surface area (Å²) < 4.78 is 23.3. The van der Waals surface area contributed by atoms with E-state index < -0.39 is 48.4 Å². The molecule has 0 unspecified atom stereocenters. The van der Waals surface area contributed by atoms with E-state index in [1.165, 1.54) is 29.9 Å². The molecule has 1 rings (SSSR count). The molecule has 0 aliphatic carbocycles. The Bertz CT molecular complexity index is 756. The van der Waals surface area contributed by atoms with Crippen LogP contribution < -0.4 is 0 Å². The van der Waals surface area contributed by atoms with Gasteiger partial charge in [-0.3, -0.25) is 14.4 Å². The number of esters is 3. The number of carbonyl (C=O) groups is 4. The molecular weight excluding hydrogens is 410 g/mol.